The van der Waals surface area contributed by atoms with Gasteiger partial charge in [-0.25, -0.2) is 4.79 Å². The Morgan fingerprint density at radius 3 is 2.78 bits per heavy atom. The number of urea groups is 1. The molecule has 0 bridgehead atoms. The van der Waals surface area contributed by atoms with Crippen LogP contribution in [0.1, 0.15) is 18.4 Å². The number of likely N-dealkylation sites (tertiary alicyclic amines) is 1. The van der Waals surface area contributed by atoms with Crippen molar-refractivity contribution in [1.82, 2.24) is 4.90 Å². The highest BCUT2D eigenvalue weighted by molar-refractivity contribution is 5.92. The maximum atomic E-state index is 12.1. The number of ether oxygens (including phenoxy) is 1. The van der Waals surface area contributed by atoms with Gasteiger partial charge in [0.25, 0.3) is 0 Å². The van der Waals surface area contributed by atoms with Crippen molar-refractivity contribution >= 4 is 11.7 Å². The van der Waals surface area contributed by atoms with Gasteiger partial charge in [-0.2, -0.15) is 0 Å². The second-order valence-corrected chi connectivity index (χ2v) is 4.32. The average Bonchev–Trinajstić information content (AvgIpc) is 2.93. The van der Waals surface area contributed by atoms with Gasteiger partial charge in [0, 0.05) is 19.6 Å². The normalized spacial score (nSPS) is 14.7. The molecule has 3 N–H and O–H groups in total. The summed E-state index contributed by atoms with van der Waals surface area (Å²) in [4.78, 5) is 13.9. The quantitative estimate of drug-likeness (QED) is 0.858. The molecule has 0 saturated carbocycles. The number of benzene rings is 1. The molecule has 2 rings (SSSR count). The van der Waals surface area contributed by atoms with Gasteiger partial charge in [-0.05, 0) is 24.5 Å². The molecule has 2 amide bonds. The number of hydrogen-bond donors (Lipinski definition) is 2. The van der Waals surface area contributed by atoms with Crippen LogP contribution in [0.25, 0.3) is 0 Å². The topological polar surface area (TPSA) is 67.6 Å². The van der Waals surface area contributed by atoms with Gasteiger partial charge < -0.3 is 20.7 Å². The van der Waals surface area contributed by atoms with Crippen LogP contribution in [0.2, 0.25) is 0 Å². The second kappa shape index (κ2) is 5.73. The molecular formula is C13H19N3O2. The van der Waals surface area contributed by atoms with Gasteiger partial charge >= 0.3 is 6.03 Å². The minimum Gasteiger partial charge on any atom is -0.495 e. The fourth-order valence-electron chi connectivity index (χ4n) is 2.16. The summed E-state index contributed by atoms with van der Waals surface area (Å²) < 4.78 is 5.26. The Balaban J connectivity index is 2.18. The molecule has 1 fully saturated rings. The van der Waals surface area contributed by atoms with Gasteiger partial charge in [0.2, 0.25) is 0 Å². The number of nitrogens with two attached hydrogens (primary N) is 1. The van der Waals surface area contributed by atoms with Crippen LogP contribution in [0, 0.1) is 0 Å². The van der Waals surface area contributed by atoms with E-state index in [1.807, 2.05) is 23.1 Å². The predicted molar refractivity (Wildman–Crippen MR) is 70.7 cm³/mol. The van der Waals surface area contributed by atoms with Crippen molar-refractivity contribution in [2.24, 2.45) is 5.73 Å². The van der Waals surface area contributed by atoms with E-state index in [2.05, 4.69) is 5.32 Å². The molecule has 0 aromatic heterocycles. The standard InChI is InChI=1S/C13H19N3O2/c1-18-11-6-4-5-10(9-14)12(11)15-13(17)16-7-2-3-8-16/h4-6H,2-3,7-9,14H2,1H3,(H,15,17). The molecule has 1 aromatic carbocycles. The van der Waals surface area contributed by atoms with E-state index in [1.54, 1.807) is 7.11 Å². The summed E-state index contributed by atoms with van der Waals surface area (Å²) in [6.45, 7) is 2.00. The smallest absolute Gasteiger partial charge is 0.321 e. The number of nitrogens with zero attached hydrogens (tertiary/aromatic N) is 1. The summed E-state index contributed by atoms with van der Waals surface area (Å²) in [5, 5.41) is 2.90. The van der Waals surface area contributed by atoms with Crippen LogP contribution in [0.3, 0.4) is 0 Å². The van der Waals surface area contributed by atoms with E-state index in [-0.39, 0.29) is 6.03 Å². The second-order valence-electron chi connectivity index (χ2n) is 4.32. The summed E-state index contributed by atoms with van der Waals surface area (Å²) in [6, 6.07) is 5.50. The molecule has 5 heteroatoms. The van der Waals surface area contributed by atoms with Crippen molar-refractivity contribution in [3.05, 3.63) is 23.8 Å². The fourth-order valence-corrected chi connectivity index (χ4v) is 2.16. The predicted octanol–water partition coefficient (Wildman–Crippen LogP) is 1.78. The van der Waals surface area contributed by atoms with E-state index in [0.29, 0.717) is 18.0 Å². The molecule has 0 aliphatic carbocycles. The van der Waals surface area contributed by atoms with Crippen molar-refractivity contribution in [3.8, 4) is 5.75 Å². The molecule has 0 unspecified atom stereocenters. The lowest BCUT2D eigenvalue weighted by molar-refractivity contribution is 0.222. The Morgan fingerprint density at radius 1 is 1.44 bits per heavy atom. The van der Waals surface area contributed by atoms with Crippen LogP contribution >= 0.6 is 0 Å². The fraction of sp³-hybridized carbons (Fsp3) is 0.462. The average molecular weight is 249 g/mol. The van der Waals surface area contributed by atoms with Gasteiger partial charge in [0.15, 0.2) is 0 Å². The molecule has 1 saturated heterocycles. The molecule has 0 radical (unpaired) electrons. The highest BCUT2D eigenvalue weighted by Gasteiger charge is 2.20. The zero-order chi connectivity index (χ0) is 13.0. The number of anilines is 1. The van der Waals surface area contributed by atoms with Gasteiger partial charge in [-0.15, -0.1) is 0 Å². The Bertz CT molecular complexity index is 406. The van der Waals surface area contributed by atoms with Gasteiger partial charge in [0.05, 0.1) is 12.8 Å². The SMILES string of the molecule is COc1cccc(CN)c1NC(=O)N1CCCC1. The Labute approximate surface area is 107 Å². The van der Waals surface area contributed by atoms with Crippen molar-refractivity contribution in [2.75, 3.05) is 25.5 Å². The van der Waals surface area contributed by atoms with Crippen molar-refractivity contribution in [1.29, 1.82) is 0 Å². The van der Waals surface area contributed by atoms with E-state index in [0.717, 1.165) is 31.5 Å². The molecule has 5 nitrogen and oxygen atoms in total. The first-order valence-electron chi connectivity index (χ1n) is 6.18. The Hall–Kier alpha value is -1.75. The highest BCUT2D eigenvalue weighted by Crippen LogP contribution is 2.28. The van der Waals surface area contributed by atoms with E-state index in [4.69, 9.17) is 10.5 Å². The number of amides is 2. The van der Waals surface area contributed by atoms with Crippen LogP contribution < -0.4 is 15.8 Å². The molecular weight excluding hydrogens is 230 g/mol. The number of para-hydroxylation sites is 1. The number of methoxy groups -OCH3 is 1. The molecule has 18 heavy (non-hydrogen) atoms. The molecule has 1 aromatic rings. The Morgan fingerprint density at radius 2 is 2.17 bits per heavy atom. The molecule has 0 spiro atoms. The summed E-state index contributed by atoms with van der Waals surface area (Å²) in [5.41, 5.74) is 7.24. The number of carbonyl (C=O) groups is 1. The van der Waals surface area contributed by atoms with E-state index in [9.17, 15) is 4.79 Å². The van der Waals surface area contributed by atoms with Crippen molar-refractivity contribution in [3.63, 3.8) is 0 Å². The third kappa shape index (κ3) is 2.56. The molecule has 1 heterocycles. The van der Waals surface area contributed by atoms with Gasteiger partial charge in [-0.1, -0.05) is 12.1 Å². The van der Waals surface area contributed by atoms with Gasteiger partial charge in [0.1, 0.15) is 5.75 Å². The monoisotopic (exact) mass is 249 g/mol. The number of carbonyl (C=O) groups excluding carboxylic acids is 1. The van der Waals surface area contributed by atoms with Crippen LogP contribution in [0.5, 0.6) is 5.75 Å². The van der Waals surface area contributed by atoms with E-state index < -0.39 is 0 Å². The van der Waals surface area contributed by atoms with Crippen LogP contribution in [-0.2, 0) is 6.54 Å². The number of hydrogen-bond acceptors (Lipinski definition) is 3. The van der Waals surface area contributed by atoms with Crippen LogP contribution in [-0.4, -0.2) is 31.1 Å². The minimum absolute atomic E-state index is 0.0771. The summed E-state index contributed by atoms with van der Waals surface area (Å²) in [6.07, 6.45) is 2.15. The Kier molecular flexibility index (Phi) is 4.04. The summed E-state index contributed by atoms with van der Waals surface area (Å²) in [7, 11) is 1.58. The third-order valence-corrected chi connectivity index (χ3v) is 3.18. The molecule has 0 atom stereocenters. The van der Waals surface area contributed by atoms with Crippen LogP contribution in [0.15, 0.2) is 18.2 Å². The third-order valence-electron chi connectivity index (χ3n) is 3.18. The first-order valence-corrected chi connectivity index (χ1v) is 6.18. The van der Waals surface area contributed by atoms with Crippen molar-refractivity contribution in [2.45, 2.75) is 19.4 Å². The van der Waals surface area contributed by atoms with E-state index in [1.165, 1.54) is 0 Å². The first-order chi connectivity index (χ1) is 8.76. The highest BCUT2D eigenvalue weighted by atomic mass is 16.5. The zero-order valence-electron chi connectivity index (χ0n) is 10.6. The van der Waals surface area contributed by atoms with Gasteiger partial charge in [-0.3, -0.25) is 0 Å². The maximum Gasteiger partial charge on any atom is 0.321 e. The lowest BCUT2D eigenvalue weighted by Gasteiger charge is -2.19. The summed E-state index contributed by atoms with van der Waals surface area (Å²) >= 11 is 0. The summed E-state index contributed by atoms with van der Waals surface area (Å²) in [5.74, 6) is 0.644. The number of nitrogens with one attached hydrogen (secondary N) is 1. The van der Waals surface area contributed by atoms with Crippen molar-refractivity contribution < 1.29 is 9.53 Å². The lowest BCUT2D eigenvalue weighted by atomic mass is 10.1. The number of rotatable bonds is 3. The largest absolute Gasteiger partial charge is 0.495 e. The lowest BCUT2D eigenvalue weighted by Crippen LogP contribution is -2.32. The zero-order valence-corrected chi connectivity index (χ0v) is 10.6. The maximum absolute atomic E-state index is 12.1. The van der Waals surface area contributed by atoms with Crippen LogP contribution in [0.4, 0.5) is 10.5 Å². The molecule has 1 aliphatic heterocycles. The first kappa shape index (κ1) is 12.7. The molecule has 1 aliphatic rings. The van der Waals surface area contributed by atoms with E-state index >= 15 is 0 Å². The minimum atomic E-state index is -0.0771. The molecule has 98 valence electrons.